The van der Waals surface area contributed by atoms with Gasteiger partial charge in [0.05, 0.1) is 22.3 Å². The second-order valence-electron chi connectivity index (χ2n) is 7.22. The molecular weight excluding hydrogens is 482 g/mol. The van der Waals surface area contributed by atoms with E-state index in [1.165, 1.54) is 30.0 Å². The fraction of sp³-hybridized carbons (Fsp3) is 0.125. The minimum atomic E-state index is -0.594. The molecule has 5 nitrogen and oxygen atoms in total. The molecule has 1 N–H and O–H groups in total. The number of carbonyl (C=O) groups excluding carboxylic acids is 1. The Hall–Kier alpha value is -2.87. The first-order valence-electron chi connectivity index (χ1n) is 10.1. The number of hydrogen-bond donors (Lipinski definition) is 1. The van der Waals surface area contributed by atoms with Crippen molar-refractivity contribution in [3.8, 4) is 5.69 Å². The highest BCUT2D eigenvalue weighted by atomic mass is 35.5. The fourth-order valence-electron chi connectivity index (χ4n) is 3.25. The molecule has 168 valence electrons. The van der Waals surface area contributed by atoms with E-state index in [9.17, 15) is 9.18 Å². The van der Waals surface area contributed by atoms with Crippen LogP contribution in [0.4, 0.5) is 4.39 Å². The van der Waals surface area contributed by atoms with Crippen LogP contribution in [0.2, 0.25) is 10.0 Å². The lowest BCUT2D eigenvalue weighted by atomic mass is 10.2. The van der Waals surface area contributed by atoms with Crippen LogP contribution in [0.25, 0.3) is 5.69 Å². The van der Waals surface area contributed by atoms with Crippen molar-refractivity contribution in [3.63, 3.8) is 0 Å². The highest BCUT2D eigenvalue weighted by Crippen LogP contribution is 2.32. The van der Waals surface area contributed by atoms with Crippen LogP contribution in [0.5, 0.6) is 0 Å². The van der Waals surface area contributed by atoms with E-state index in [2.05, 4.69) is 15.5 Å². The largest absolute Gasteiger partial charge is 0.342 e. The highest BCUT2D eigenvalue weighted by molar-refractivity contribution is 7.98. The lowest BCUT2D eigenvalue weighted by molar-refractivity contribution is 0.0934. The summed E-state index contributed by atoms with van der Waals surface area (Å²) in [6, 6.07) is 20.3. The molecule has 0 aliphatic carbocycles. The molecule has 0 saturated carbocycles. The Labute approximate surface area is 204 Å². The molecule has 4 aromatic rings. The Balaban J connectivity index is 1.67. The Morgan fingerprint density at radius 1 is 1.06 bits per heavy atom. The van der Waals surface area contributed by atoms with E-state index in [-0.39, 0.29) is 5.56 Å². The van der Waals surface area contributed by atoms with Gasteiger partial charge < -0.3 is 5.32 Å². The molecule has 1 heterocycles. The number of rotatable bonds is 7. The summed E-state index contributed by atoms with van der Waals surface area (Å²) in [6.45, 7) is 1.76. The number of aromatic nitrogens is 3. The molecule has 4 rings (SSSR count). The van der Waals surface area contributed by atoms with Crippen molar-refractivity contribution in [2.24, 2.45) is 0 Å². The monoisotopic (exact) mass is 500 g/mol. The zero-order valence-electron chi connectivity index (χ0n) is 17.5. The SMILES string of the molecule is CC(NC(=O)c1ccccc1F)c1nnc(SCc2ccccc2)n1-c1ccc(Cl)cc1Cl. The van der Waals surface area contributed by atoms with Gasteiger partial charge in [-0.3, -0.25) is 9.36 Å². The molecule has 1 unspecified atom stereocenters. The Kier molecular flexibility index (Phi) is 7.33. The Morgan fingerprint density at radius 2 is 1.79 bits per heavy atom. The summed E-state index contributed by atoms with van der Waals surface area (Å²) in [5.74, 6) is -0.0148. The first-order chi connectivity index (χ1) is 15.9. The molecule has 1 aromatic heterocycles. The summed E-state index contributed by atoms with van der Waals surface area (Å²) >= 11 is 14.1. The topological polar surface area (TPSA) is 59.8 Å². The number of nitrogens with one attached hydrogen (secondary N) is 1. The molecule has 9 heteroatoms. The van der Waals surface area contributed by atoms with Crippen molar-refractivity contribution in [3.05, 3.63) is 106 Å². The summed E-state index contributed by atoms with van der Waals surface area (Å²) in [5.41, 5.74) is 1.71. The Morgan fingerprint density at radius 3 is 2.52 bits per heavy atom. The maximum atomic E-state index is 14.1. The lowest BCUT2D eigenvalue weighted by Crippen LogP contribution is -2.29. The van der Waals surface area contributed by atoms with Crippen molar-refractivity contribution in [1.82, 2.24) is 20.1 Å². The maximum Gasteiger partial charge on any atom is 0.254 e. The van der Waals surface area contributed by atoms with Crippen LogP contribution in [0, 0.1) is 5.82 Å². The van der Waals surface area contributed by atoms with Crippen molar-refractivity contribution >= 4 is 40.9 Å². The maximum absolute atomic E-state index is 14.1. The first kappa shape index (κ1) is 23.3. The van der Waals surface area contributed by atoms with E-state index < -0.39 is 17.8 Å². The van der Waals surface area contributed by atoms with E-state index in [1.54, 1.807) is 35.8 Å². The Bertz CT molecular complexity index is 1280. The van der Waals surface area contributed by atoms with Gasteiger partial charge in [0.2, 0.25) is 0 Å². The van der Waals surface area contributed by atoms with Crippen molar-refractivity contribution in [2.75, 3.05) is 0 Å². The summed E-state index contributed by atoms with van der Waals surface area (Å²) in [5, 5.41) is 13.0. The van der Waals surface area contributed by atoms with Crippen LogP contribution in [0.1, 0.15) is 34.7 Å². The third-order valence-corrected chi connectivity index (χ3v) is 6.41. The van der Waals surface area contributed by atoms with Gasteiger partial charge in [0, 0.05) is 10.8 Å². The van der Waals surface area contributed by atoms with Gasteiger partial charge in [-0.15, -0.1) is 10.2 Å². The van der Waals surface area contributed by atoms with Gasteiger partial charge in [-0.2, -0.15) is 0 Å². The smallest absolute Gasteiger partial charge is 0.254 e. The van der Waals surface area contributed by atoms with Crippen LogP contribution in [-0.2, 0) is 5.75 Å². The standard InChI is InChI=1S/C24H19Cl2FN4OS/c1-15(28-23(32)18-9-5-6-10-20(18)27)22-29-30-24(33-14-16-7-3-2-4-8-16)31(22)21-12-11-17(25)13-19(21)26/h2-13,15H,14H2,1H3,(H,28,32). The van der Waals surface area contributed by atoms with Crippen LogP contribution >= 0.6 is 35.0 Å². The number of amides is 1. The number of benzene rings is 3. The second-order valence-corrected chi connectivity index (χ2v) is 9.01. The molecule has 33 heavy (non-hydrogen) atoms. The minimum absolute atomic E-state index is 0.0429. The van der Waals surface area contributed by atoms with Crippen molar-refractivity contribution in [1.29, 1.82) is 0 Å². The molecule has 0 saturated heterocycles. The molecule has 1 amide bonds. The second kappa shape index (κ2) is 10.4. The lowest BCUT2D eigenvalue weighted by Gasteiger charge is -2.17. The third kappa shape index (κ3) is 5.38. The average Bonchev–Trinajstić information content (AvgIpc) is 3.22. The van der Waals surface area contributed by atoms with E-state index in [1.807, 2.05) is 30.3 Å². The van der Waals surface area contributed by atoms with E-state index >= 15 is 0 Å². The first-order valence-corrected chi connectivity index (χ1v) is 11.8. The van der Waals surface area contributed by atoms with Crippen molar-refractivity contribution in [2.45, 2.75) is 23.9 Å². The number of thioether (sulfide) groups is 1. The van der Waals surface area contributed by atoms with Crippen LogP contribution in [-0.4, -0.2) is 20.7 Å². The minimum Gasteiger partial charge on any atom is -0.342 e. The molecule has 0 bridgehead atoms. The predicted molar refractivity (Wildman–Crippen MR) is 130 cm³/mol. The molecular formula is C24H19Cl2FN4OS. The quantitative estimate of drug-likeness (QED) is 0.294. The molecule has 0 aliphatic heterocycles. The van der Waals surface area contributed by atoms with Gasteiger partial charge >= 0.3 is 0 Å². The number of halogens is 3. The van der Waals surface area contributed by atoms with E-state index in [0.717, 1.165) is 5.56 Å². The zero-order valence-corrected chi connectivity index (χ0v) is 19.8. The van der Waals surface area contributed by atoms with Crippen LogP contribution in [0.3, 0.4) is 0 Å². The molecule has 0 spiro atoms. The number of carbonyl (C=O) groups is 1. The van der Waals surface area contributed by atoms with E-state index in [4.69, 9.17) is 23.2 Å². The predicted octanol–water partition coefficient (Wildman–Crippen LogP) is 6.50. The van der Waals surface area contributed by atoms with E-state index in [0.29, 0.717) is 32.5 Å². The fourth-order valence-corrected chi connectivity index (χ4v) is 4.65. The highest BCUT2D eigenvalue weighted by Gasteiger charge is 2.23. The summed E-state index contributed by atoms with van der Waals surface area (Å²) in [6.07, 6.45) is 0. The van der Waals surface area contributed by atoms with Gasteiger partial charge in [-0.25, -0.2) is 4.39 Å². The normalized spacial score (nSPS) is 11.9. The molecule has 0 aliphatic rings. The third-order valence-electron chi connectivity index (χ3n) is 4.87. The van der Waals surface area contributed by atoms with Gasteiger partial charge in [0.25, 0.3) is 5.91 Å². The average molecular weight is 501 g/mol. The van der Waals surface area contributed by atoms with Crippen LogP contribution < -0.4 is 5.32 Å². The van der Waals surface area contributed by atoms with Gasteiger partial charge in [0.1, 0.15) is 5.82 Å². The van der Waals surface area contributed by atoms with Crippen molar-refractivity contribution < 1.29 is 9.18 Å². The number of nitrogens with zero attached hydrogens (tertiary/aromatic N) is 3. The zero-order chi connectivity index (χ0) is 23.4. The summed E-state index contributed by atoms with van der Waals surface area (Å²) in [4.78, 5) is 12.7. The van der Waals surface area contributed by atoms with Crippen LogP contribution in [0.15, 0.2) is 78.0 Å². The summed E-state index contributed by atoms with van der Waals surface area (Å²) in [7, 11) is 0. The van der Waals surface area contributed by atoms with Gasteiger partial charge in [0.15, 0.2) is 11.0 Å². The molecule has 1 atom stereocenters. The van der Waals surface area contributed by atoms with Gasteiger partial charge in [-0.05, 0) is 42.8 Å². The summed E-state index contributed by atoms with van der Waals surface area (Å²) < 4.78 is 15.9. The molecule has 3 aromatic carbocycles. The van der Waals surface area contributed by atoms with Gasteiger partial charge in [-0.1, -0.05) is 77.4 Å². The molecule has 0 radical (unpaired) electrons. The molecule has 0 fully saturated rings. The number of hydrogen-bond acceptors (Lipinski definition) is 4.